The molecule has 4 nitrogen and oxygen atoms in total. The normalized spacial score (nSPS) is 12.0. The highest BCUT2D eigenvalue weighted by Crippen LogP contribution is 2.40. The number of aryl methyl sites for hydroxylation is 1. The summed E-state index contributed by atoms with van der Waals surface area (Å²) in [6, 6.07) is 31.8. The Kier molecular flexibility index (Phi) is 4.52. The van der Waals surface area contributed by atoms with E-state index in [1.807, 2.05) is 18.2 Å². The topological polar surface area (TPSA) is 43.9 Å². The summed E-state index contributed by atoms with van der Waals surface area (Å²) >= 11 is 0. The number of pyridine rings is 1. The van der Waals surface area contributed by atoms with E-state index in [9.17, 15) is 0 Å². The van der Waals surface area contributed by atoms with Crippen LogP contribution in [0.1, 0.15) is 25.5 Å². The zero-order chi connectivity index (χ0) is 24.4. The lowest BCUT2D eigenvalue weighted by molar-refractivity contribution is 0.622. The van der Waals surface area contributed by atoms with E-state index in [4.69, 9.17) is 14.4 Å². The fourth-order valence-corrected chi connectivity index (χ4v) is 5.43. The summed E-state index contributed by atoms with van der Waals surface area (Å²) < 4.78 is 8.88. The van der Waals surface area contributed by atoms with Crippen LogP contribution in [0.15, 0.2) is 95.4 Å². The molecule has 0 aliphatic heterocycles. The van der Waals surface area contributed by atoms with E-state index in [0.29, 0.717) is 5.71 Å². The molecule has 0 fully saturated rings. The van der Waals surface area contributed by atoms with Crippen molar-refractivity contribution in [3.63, 3.8) is 0 Å². The van der Waals surface area contributed by atoms with Crippen LogP contribution in [0.5, 0.6) is 0 Å². The summed E-state index contributed by atoms with van der Waals surface area (Å²) in [7, 11) is 0. The second kappa shape index (κ2) is 7.79. The van der Waals surface area contributed by atoms with Crippen molar-refractivity contribution in [2.75, 3.05) is 0 Å². The van der Waals surface area contributed by atoms with E-state index >= 15 is 0 Å². The number of fused-ring (bicyclic) bond motifs is 6. The lowest BCUT2D eigenvalue weighted by atomic mass is 10.0. The highest BCUT2D eigenvalue weighted by Gasteiger charge is 2.22. The molecule has 4 aromatic carbocycles. The highest BCUT2D eigenvalue weighted by molar-refractivity contribution is 6.11. The molecule has 36 heavy (non-hydrogen) atoms. The minimum absolute atomic E-state index is 0.222. The number of hydrogen-bond acceptors (Lipinski definition) is 3. The molecule has 174 valence electrons. The third kappa shape index (κ3) is 3.01. The minimum Gasteiger partial charge on any atom is -0.437 e. The van der Waals surface area contributed by atoms with Gasteiger partial charge in [0, 0.05) is 27.8 Å². The van der Waals surface area contributed by atoms with Crippen LogP contribution in [0.25, 0.3) is 66.5 Å². The van der Waals surface area contributed by atoms with Gasteiger partial charge in [-0.2, -0.15) is 0 Å². The van der Waals surface area contributed by atoms with Crippen LogP contribution in [-0.4, -0.2) is 14.5 Å². The summed E-state index contributed by atoms with van der Waals surface area (Å²) in [5.74, 6) is 0.920. The van der Waals surface area contributed by atoms with Gasteiger partial charge in [-0.05, 0) is 56.0 Å². The molecule has 0 unspecified atom stereocenters. The van der Waals surface area contributed by atoms with E-state index in [1.165, 1.54) is 16.3 Å². The second-order valence-electron chi connectivity index (χ2n) is 9.71. The van der Waals surface area contributed by atoms with Crippen molar-refractivity contribution in [1.29, 1.82) is 0 Å². The van der Waals surface area contributed by atoms with Crippen LogP contribution < -0.4 is 0 Å². The first-order valence-corrected chi connectivity index (χ1v) is 12.4. The van der Waals surface area contributed by atoms with Crippen molar-refractivity contribution < 1.29 is 4.42 Å². The van der Waals surface area contributed by atoms with Gasteiger partial charge in [0.1, 0.15) is 11.4 Å². The number of aromatic nitrogens is 3. The summed E-state index contributed by atoms with van der Waals surface area (Å²) in [5.41, 5.74) is 7.78. The van der Waals surface area contributed by atoms with E-state index in [2.05, 4.69) is 98.1 Å². The number of furan rings is 1. The minimum atomic E-state index is 0.222. The summed E-state index contributed by atoms with van der Waals surface area (Å²) in [6.45, 7) is 6.55. The van der Waals surface area contributed by atoms with E-state index in [-0.39, 0.29) is 6.04 Å². The average molecular weight is 468 g/mol. The first kappa shape index (κ1) is 20.9. The molecular formula is C32H25N3O. The molecule has 0 N–H and O–H groups in total. The van der Waals surface area contributed by atoms with Crippen LogP contribution >= 0.6 is 0 Å². The van der Waals surface area contributed by atoms with Crippen molar-refractivity contribution >= 4 is 43.9 Å². The first-order valence-electron chi connectivity index (χ1n) is 12.4. The van der Waals surface area contributed by atoms with Gasteiger partial charge in [0.15, 0.2) is 0 Å². The van der Waals surface area contributed by atoms with Gasteiger partial charge < -0.3 is 8.98 Å². The first-order chi connectivity index (χ1) is 17.6. The third-order valence-electron chi connectivity index (χ3n) is 7.10. The van der Waals surface area contributed by atoms with Crippen molar-refractivity contribution in [2.45, 2.75) is 26.8 Å². The Labute approximate surface area is 208 Å². The molecule has 0 atom stereocenters. The predicted molar refractivity (Wildman–Crippen MR) is 148 cm³/mol. The molecule has 0 amide bonds. The molecule has 0 saturated carbocycles. The predicted octanol–water partition coefficient (Wildman–Crippen LogP) is 8.71. The van der Waals surface area contributed by atoms with Gasteiger partial charge in [-0.15, -0.1) is 0 Å². The lowest BCUT2D eigenvalue weighted by Crippen LogP contribution is -2.03. The van der Waals surface area contributed by atoms with Gasteiger partial charge in [-0.3, -0.25) is 0 Å². The quantitative estimate of drug-likeness (QED) is 0.261. The maximum absolute atomic E-state index is 6.53. The summed E-state index contributed by atoms with van der Waals surface area (Å²) in [5, 5.41) is 4.56. The van der Waals surface area contributed by atoms with Gasteiger partial charge >= 0.3 is 0 Å². The Hall–Kier alpha value is -4.44. The van der Waals surface area contributed by atoms with Gasteiger partial charge in [0.2, 0.25) is 5.71 Å². The molecule has 0 radical (unpaired) electrons. The van der Waals surface area contributed by atoms with E-state index in [1.54, 1.807) is 0 Å². The van der Waals surface area contributed by atoms with Crippen molar-refractivity contribution in [2.24, 2.45) is 0 Å². The lowest BCUT2D eigenvalue weighted by Gasteiger charge is -2.15. The van der Waals surface area contributed by atoms with Gasteiger partial charge in [0.05, 0.1) is 22.3 Å². The molecule has 7 rings (SSSR count). The Balaban J connectivity index is 1.54. The van der Waals surface area contributed by atoms with Gasteiger partial charge in [0.25, 0.3) is 0 Å². The summed E-state index contributed by atoms with van der Waals surface area (Å²) in [6.07, 6.45) is 0. The molecule has 4 heteroatoms. The van der Waals surface area contributed by atoms with Crippen molar-refractivity contribution in [1.82, 2.24) is 14.5 Å². The number of nitrogens with zero attached hydrogens (tertiary/aromatic N) is 3. The van der Waals surface area contributed by atoms with Crippen LogP contribution in [-0.2, 0) is 0 Å². The monoisotopic (exact) mass is 467 g/mol. The Morgan fingerprint density at radius 2 is 1.56 bits per heavy atom. The van der Waals surface area contributed by atoms with E-state index in [0.717, 1.165) is 50.0 Å². The highest BCUT2D eigenvalue weighted by atomic mass is 16.3. The molecule has 3 aromatic heterocycles. The largest absolute Gasteiger partial charge is 0.437 e. The van der Waals surface area contributed by atoms with Crippen molar-refractivity contribution in [3.8, 4) is 22.6 Å². The average Bonchev–Trinajstić information content (AvgIpc) is 3.49. The maximum Gasteiger partial charge on any atom is 0.227 e. The number of imidazole rings is 1. The fraction of sp³-hybridized carbons (Fsp3) is 0.125. The molecular weight excluding hydrogens is 442 g/mol. The van der Waals surface area contributed by atoms with E-state index < -0.39 is 0 Å². The maximum atomic E-state index is 6.53. The third-order valence-corrected chi connectivity index (χ3v) is 7.10. The Morgan fingerprint density at radius 1 is 0.750 bits per heavy atom. The molecule has 0 saturated heterocycles. The van der Waals surface area contributed by atoms with Gasteiger partial charge in [-0.1, -0.05) is 66.7 Å². The van der Waals surface area contributed by atoms with Gasteiger partial charge in [-0.25, -0.2) is 9.97 Å². The summed E-state index contributed by atoms with van der Waals surface area (Å²) in [4.78, 5) is 10.1. The SMILES string of the molecule is Cc1ccc(-c2nc3ccc4ccccc4c3n2C(C)C)c2oc3nc(-c4ccccc4)ccc3c12. The smallest absolute Gasteiger partial charge is 0.227 e. The molecule has 0 spiro atoms. The van der Waals surface area contributed by atoms with Crippen molar-refractivity contribution in [3.05, 3.63) is 96.6 Å². The fourth-order valence-electron chi connectivity index (χ4n) is 5.43. The van der Waals surface area contributed by atoms with Crippen LogP contribution in [0.3, 0.4) is 0 Å². The zero-order valence-electron chi connectivity index (χ0n) is 20.5. The molecule has 0 aliphatic carbocycles. The van der Waals surface area contributed by atoms with Crippen LogP contribution in [0.4, 0.5) is 0 Å². The number of hydrogen-bond donors (Lipinski definition) is 0. The molecule has 0 aliphatic rings. The number of benzene rings is 4. The Morgan fingerprint density at radius 3 is 2.39 bits per heavy atom. The zero-order valence-corrected chi connectivity index (χ0v) is 20.5. The van der Waals surface area contributed by atoms with Crippen LogP contribution in [0.2, 0.25) is 0 Å². The second-order valence-corrected chi connectivity index (χ2v) is 9.71. The molecule has 7 aromatic rings. The van der Waals surface area contributed by atoms with Crippen LogP contribution in [0, 0.1) is 6.92 Å². The number of rotatable bonds is 3. The molecule has 3 heterocycles. The molecule has 0 bridgehead atoms. The standard InChI is InChI=1S/C32H25N3O/c1-19(2)35-29-23-12-8-7-9-21(23)14-17-27(29)33-31(35)25-15-13-20(3)28-24-16-18-26(22-10-5-4-6-11-22)34-32(24)36-30(25)28/h4-19H,1-3H3. The Bertz CT molecular complexity index is 1930.